The van der Waals surface area contributed by atoms with Crippen LogP contribution in [0.25, 0.3) is 10.9 Å². The van der Waals surface area contributed by atoms with Gasteiger partial charge >= 0.3 is 0 Å². The smallest absolute Gasteiger partial charge is 0.253 e. The van der Waals surface area contributed by atoms with Gasteiger partial charge in [0.2, 0.25) is 0 Å². The summed E-state index contributed by atoms with van der Waals surface area (Å²) in [5, 5.41) is 1.19. The highest BCUT2D eigenvalue weighted by molar-refractivity contribution is 5.98. The van der Waals surface area contributed by atoms with Crippen LogP contribution in [-0.4, -0.2) is 77.5 Å². The van der Waals surface area contributed by atoms with Gasteiger partial charge in [0.1, 0.15) is 0 Å². The van der Waals surface area contributed by atoms with Crippen LogP contribution in [0.1, 0.15) is 48.5 Å². The van der Waals surface area contributed by atoms with E-state index in [0.717, 1.165) is 50.9 Å². The molecular formula is C23H32N4O. The van der Waals surface area contributed by atoms with Crippen molar-refractivity contribution >= 4 is 16.8 Å². The second-order valence-electron chi connectivity index (χ2n) is 8.97. The maximum atomic E-state index is 13.1. The van der Waals surface area contributed by atoms with Gasteiger partial charge in [-0.2, -0.15) is 0 Å². The van der Waals surface area contributed by atoms with Crippen LogP contribution in [0.4, 0.5) is 0 Å². The first kappa shape index (κ1) is 18.2. The fourth-order valence-electron chi connectivity index (χ4n) is 5.50. The summed E-state index contributed by atoms with van der Waals surface area (Å²) >= 11 is 0. The average molecular weight is 381 g/mol. The van der Waals surface area contributed by atoms with Crippen LogP contribution >= 0.6 is 0 Å². The second-order valence-corrected chi connectivity index (χ2v) is 8.97. The van der Waals surface area contributed by atoms with Crippen molar-refractivity contribution in [3.8, 4) is 0 Å². The number of carbonyl (C=O) groups is 1. The van der Waals surface area contributed by atoms with Crippen molar-refractivity contribution < 1.29 is 4.79 Å². The fourth-order valence-corrected chi connectivity index (χ4v) is 5.50. The molecule has 2 aromatic rings. The quantitative estimate of drug-likeness (QED) is 0.819. The van der Waals surface area contributed by atoms with E-state index in [1.807, 2.05) is 6.07 Å². The molecule has 2 saturated heterocycles. The zero-order valence-electron chi connectivity index (χ0n) is 17.0. The Morgan fingerprint density at radius 1 is 0.929 bits per heavy atom. The van der Waals surface area contributed by atoms with E-state index in [4.69, 9.17) is 0 Å². The lowest BCUT2D eigenvalue weighted by atomic mass is 10.1. The summed E-state index contributed by atoms with van der Waals surface area (Å²) in [5.41, 5.74) is 2.09. The summed E-state index contributed by atoms with van der Waals surface area (Å²) in [6.45, 7) is 6.06. The monoisotopic (exact) mass is 380 g/mol. The molecule has 1 aromatic heterocycles. The molecule has 3 heterocycles. The Morgan fingerprint density at radius 3 is 2.43 bits per heavy atom. The SMILES string of the molecule is CN1CCC(n2ccc3cc(C(=O)N4CCN(C5CCCC5)CC4)ccc32)C1. The van der Waals surface area contributed by atoms with E-state index in [0.29, 0.717) is 6.04 Å². The first-order chi connectivity index (χ1) is 13.7. The molecule has 5 rings (SSSR count). The van der Waals surface area contributed by atoms with E-state index < -0.39 is 0 Å². The van der Waals surface area contributed by atoms with Crippen molar-refractivity contribution in [2.45, 2.75) is 44.2 Å². The molecule has 150 valence electrons. The predicted molar refractivity (Wildman–Crippen MR) is 113 cm³/mol. The van der Waals surface area contributed by atoms with Crippen molar-refractivity contribution in [1.29, 1.82) is 0 Å². The van der Waals surface area contributed by atoms with Gasteiger partial charge in [-0.05, 0) is 57.1 Å². The molecule has 3 fully saturated rings. The number of likely N-dealkylation sites (N-methyl/N-ethyl adjacent to an activating group) is 1. The van der Waals surface area contributed by atoms with Crippen molar-refractivity contribution in [3.05, 3.63) is 36.0 Å². The Hall–Kier alpha value is -1.85. The Bertz CT molecular complexity index is 845. The van der Waals surface area contributed by atoms with Crippen LogP contribution in [0.5, 0.6) is 0 Å². The molecule has 2 aliphatic heterocycles. The maximum Gasteiger partial charge on any atom is 0.253 e. The molecule has 1 aromatic carbocycles. The van der Waals surface area contributed by atoms with Gasteiger partial charge in [-0.15, -0.1) is 0 Å². The van der Waals surface area contributed by atoms with Crippen molar-refractivity contribution in [2.24, 2.45) is 0 Å². The lowest BCUT2D eigenvalue weighted by molar-refractivity contribution is 0.0573. The number of carbonyl (C=O) groups excluding carboxylic acids is 1. The number of likely N-dealkylation sites (tertiary alicyclic amines) is 1. The summed E-state index contributed by atoms with van der Waals surface area (Å²) in [6, 6.07) is 9.76. The van der Waals surface area contributed by atoms with Crippen LogP contribution in [0.15, 0.2) is 30.5 Å². The molecule has 1 unspecified atom stereocenters. The minimum atomic E-state index is 0.196. The molecular weight excluding hydrogens is 348 g/mol. The summed E-state index contributed by atoms with van der Waals surface area (Å²) in [4.78, 5) is 20.1. The van der Waals surface area contributed by atoms with Gasteiger partial charge in [-0.1, -0.05) is 12.8 Å². The van der Waals surface area contributed by atoms with Gasteiger partial charge in [0, 0.05) is 67.5 Å². The number of hydrogen-bond donors (Lipinski definition) is 0. The molecule has 0 radical (unpaired) electrons. The molecule has 28 heavy (non-hydrogen) atoms. The summed E-state index contributed by atoms with van der Waals surface area (Å²) in [7, 11) is 2.19. The Kier molecular flexibility index (Phi) is 4.89. The average Bonchev–Trinajstić information content (AvgIpc) is 3.47. The Balaban J connectivity index is 1.28. The van der Waals surface area contributed by atoms with E-state index in [1.165, 1.54) is 43.0 Å². The van der Waals surface area contributed by atoms with E-state index in [2.05, 4.69) is 50.7 Å². The van der Waals surface area contributed by atoms with Crippen LogP contribution < -0.4 is 0 Å². The molecule has 1 aliphatic carbocycles. The minimum absolute atomic E-state index is 0.196. The van der Waals surface area contributed by atoms with E-state index in [9.17, 15) is 4.79 Å². The third kappa shape index (κ3) is 3.35. The number of fused-ring (bicyclic) bond motifs is 1. The number of benzene rings is 1. The van der Waals surface area contributed by atoms with Crippen molar-refractivity contribution in [1.82, 2.24) is 19.3 Å². The second kappa shape index (κ2) is 7.53. The Morgan fingerprint density at radius 2 is 1.71 bits per heavy atom. The largest absolute Gasteiger partial charge is 0.343 e. The van der Waals surface area contributed by atoms with Gasteiger partial charge < -0.3 is 14.4 Å². The lowest BCUT2D eigenvalue weighted by Crippen LogP contribution is -2.51. The topological polar surface area (TPSA) is 31.7 Å². The van der Waals surface area contributed by atoms with Crippen molar-refractivity contribution in [2.75, 3.05) is 46.3 Å². The molecule has 0 N–H and O–H groups in total. The number of piperazine rings is 1. The summed E-state index contributed by atoms with van der Waals surface area (Å²) in [6.07, 6.45) is 8.84. The third-order valence-electron chi connectivity index (χ3n) is 7.17. The number of aromatic nitrogens is 1. The number of amides is 1. The molecule has 5 nitrogen and oxygen atoms in total. The molecule has 1 amide bonds. The highest BCUT2D eigenvalue weighted by Gasteiger charge is 2.28. The molecule has 0 bridgehead atoms. The zero-order valence-corrected chi connectivity index (χ0v) is 17.0. The number of rotatable bonds is 3. The molecule has 1 atom stereocenters. The predicted octanol–water partition coefficient (Wildman–Crippen LogP) is 3.22. The number of nitrogens with zero attached hydrogens (tertiary/aromatic N) is 4. The third-order valence-corrected chi connectivity index (χ3v) is 7.17. The minimum Gasteiger partial charge on any atom is -0.343 e. The van der Waals surface area contributed by atoms with Gasteiger partial charge in [-0.3, -0.25) is 9.69 Å². The van der Waals surface area contributed by atoms with Crippen LogP contribution in [0, 0.1) is 0 Å². The normalized spacial score (nSPS) is 25.2. The standard InChI is InChI=1S/C23H32N4O/c1-24-10-9-21(17-24)27-11-8-18-16-19(6-7-22(18)27)23(28)26-14-12-25(13-15-26)20-4-2-3-5-20/h6-8,11,16,20-21H,2-5,9-10,12-15,17H2,1H3. The van der Waals surface area contributed by atoms with Crippen LogP contribution in [-0.2, 0) is 0 Å². The summed E-state index contributed by atoms with van der Waals surface area (Å²) < 4.78 is 2.40. The molecule has 1 saturated carbocycles. The molecule has 5 heteroatoms. The first-order valence-electron chi connectivity index (χ1n) is 11.0. The van der Waals surface area contributed by atoms with Gasteiger partial charge in [0.05, 0.1) is 0 Å². The fraction of sp³-hybridized carbons (Fsp3) is 0.609. The van der Waals surface area contributed by atoms with E-state index in [-0.39, 0.29) is 5.91 Å². The van der Waals surface area contributed by atoms with E-state index >= 15 is 0 Å². The number of hydrogen-bond acceptors (Lipinski definition) is 3. The van der Waals surface area contributed by atoms with Gasteiger partial charge in [0.25, 0.3) is 5.91 Å². The lowest BCUT2D eigenvalue weighted by Gasteiger charge is -2.38. The van der Waals surface area contributed by atoms with Crippen LogP contribution in [0.2, 0.25) is 0 Å². The zero-order chi connectivity index (χ0) is 19.1. The first-order valence-corrected chi connectivity index (χ1v) is 11.0. The van der Waals surface area contributed by atoms with Crippen molar-refractivity contribution in [3.63, 3.8) is 0 Å². The van der Waals surface area contributed by atoms with Crippen LogP contribution in [0.3, 0.4) is 0 Å². The van der Waals surface area contributed by atoms with E-state index in [1.54, 1.807) is 0 Å². The summed E-state index contributed by atoms with van der Waals surface area (Å²) in [5.74, 6) is 0.196. The van der Waals surface area contributed by atoms with Gasteiger partial charge in [-0.25, -0.2) is 0 Å². The highest BCUT2D eigenvalue weighted by atomic mass is 16.2. The molecule has 3 aliphatic rings. The Labute approximate surface area is 167 Å². The van der Waals surface area contributed by atoms with Gasteiger partial charge in [0.15, 0.2) is 0 Å². The highest BCUT2D eigenvalue weighted by Crippen LogP contribution is 2.28. The maximum absolute atomic E-state index is 13.1. The molecule has 0 spiro atoms.